The predicted molar refractivity (Wildman–Crippen MR) is 116 cm³/mol. The van der Waals surface area contributed by atoms with E-state index in [-0.39, 0.29) is 27.6 Å². The fraction of sp³-hybridized carbons (Fsp3) is 0.0909. The molecule has 0 bridgehead atoms. The minimum atomic E-state index is -5.02. The second kappa shape index (κ2) is 10.1. The molecular formula is C22H13ClF3N5O3. The van der Waals surface area contributed by atoms with Crippen LogP contribution in [0.25, 0.3) is 5.57 Å². The first kappa shape index (κ1) is 24.3. The average Bonchev–Trinajstić information content (AvgIpc) is 2.79. The molecule has 1 N–H and O–H groups in total. The standard InChI is InChI=1S/C22H13ClF3N5O3/c23-16-5-13(9-27)6-18(8-16)34-19-20(22(24,25)26)30-12-31(21(19)33)10-17(28)7-15(11-32)14-1-3-29-4-2-14/h1-8,11-12,28H,10H2/b15-7+,28-17?. The van der Waals surface area contributed by atoms with E-state index in [0.717, 1.165) is 16.7 Å². The van der Waals surface area contributed by atoms with E-state index in [9.17, 15) is 22.8 Å². The van der Waals surface area contributed by atoms with E-state index in [2.05, 4.69) is 9.97 Å². The van der Waals surface area contributed by atoms with Gasteiger partial charge < -0.3 is 10.1 Å². The maximum atomic E-state index is 13.5. The van der Waals surface area contributed by atoms with Gasteiger partial charge in [0.15, 0.2) is 12.0 Å². The molecule has 8 nitrogen and oxygen atoms in total. The summed E-state index contributed by atoms with van der Waals surface area (Å²) in [5.74, 6) is -1.43. The number of benzene rings is 1. The zero-order valence-electron chi connectivity index (χ0n) is 17.0. The summed E-state index contributed by atoms with van der Waals surface area (Å²) in [5, 5.41) is 17.1. The molecule has 0 aliphatic carbocycles. The van der Waals surface area contributed by atoms with Crippen LogP contribution in [0.15, 0.2) is 59.9 Å². The fourth-order valence-electron chi connectivity index (χ4n) is 2.83. The summed E-state index contributed by atoms with van der Waals surface area (Å²) in [6.07, 6.45) is 0.159. The highest BCUT2D eigenvalue weighted by Crippen LogP contribution is 2.35. The number of allylic oxidation sites excluding steroid dienone is 2. The van der Waals surface area contributed by atoms with E-state index in [0.29, 0.717) is 18.2 Å². The van der Waals surface area contributed by atoms with Gasteiger partial charge in [0, 0.05) is 23.0 Å². The summed E-state index contributed by atoms with van der Waals surface area (Å²) >= 11 is 5.86. The van der Waals surface area contributed by atoms with Gasteiger partial charge >= 0.3 is 6.18 Å². The van der Waals surface area contributed by atoms with Crippen molar-refractivity contribution in [2.75, 3.05) is 0 Å². The van der Waals surface area contributed by atoms with Crippen molar-refractivity contribution in [3.63, 3.8) is 0 Å². The van der Waals surface area contributed by atoms with Crippen LogP contribution in [0.2, 0.25) is 5.02 Å². The van der Waals surface area contributed by atoms with Gasteiger partial charge in [0.1, 0.15) is 5.75 Å². The smallest absolute Gasteiger partial charge is 0.437 e. The highest BCUT2D eigenvalue weighted by Gasteiger charge is 2.38. The Balaban J connectivity index is 2.00. The van der Waals surface area contributed by atoms with Crippen molar-refractivity contribution in [3.8, 4) is 17.6 Å². The first-order valence-electron chi connectivity index (χ1n) is 9.32. The summed E-state index contributed by atoms with van der Waals surface area (Å²) in [4.78, 5) is 31.4. The number of nitriles is 1. The summed E-state index contributed by atoms with van der Waals surface area (Å²) in [7, 11) is 0. The van der Waals surface area contributed by atoms with Crippen LogP contribution < -0.4 is 10.3 Å². The van der Waals surface area contributed by atoms with Crippen molar-refractivity contribution >= 4 is 29.2 Å². The van der Waals surface area contributed by atoms with Crippen molar-refractivity contribution in [2.45, 2.75) is 12.7 Å². The normalized spacial score (nSPS) is 11.6. The first-order chi connectivity index (χ1) is 16.1. The number of aldehydes is 1. The molecule has 1 aromatic carbocycles. The number of pyridine rings is 1. The number of alkyl halides is 3. The van der Waals surface area contributed by atoms with Crippen molar-refractivity contribution in [3.05, 3.63) is 87.3 Å². The summed E-state index contributed by atoms with van der Waals surface area (Å²) in [5.41, 5.74) is -2.49. The Labute approximate surface area is 195 Å². The number of carbonyl (C=O) groups excluding carboxylic acids is 1. The van der Waals surface area contributed by atoms with Crippen LogP contribution >= 0.6 is 11.6 Å². The van der Waals surface area contributed by atoms with E-state index in [1.165, 1.54) is 36.7 Å². The monoisotopic (exact) mass is 487 g/mol. The molecule has 172 valence electrons. The third-order valence-electron chi connectivity index (χ3n) is 4.30. The number of rotatable bonds is 7. The number of nitrogens with zero attached hydrogens (tertiary/aromatic N) is 4. The topological polar surface area (TPSA) is 122 Å². The SMILES string of the molecule is N#Cc1cc(Cl)cc(Oc2c(C(F)(F)F)ncn(CC(=N)/C=C(\C=O)c3ccncc3)c2=O)c1. The van der Waals surface area contributed by atoms with Crippen LogP contribution in [-0.2, 0) is 17.5 Å². The number of ether oxygens (including phenoxy) is 1. The molecule has 0 saturated heterocycles. The second-order valence-electron chi connectivity index (χ2n) is 6.72. The van der Waals surface area contributed by atoms with Gasteiger partial charge in [-0.3, -0.25) is 19.1 Å². The molecule has 12 heteroatoms. The fourth-order valence-corrected chi connectivity index (χ4v) is 3.05. The number of hydrogen-bond acceptors (Lipinski definition) is 7. The third kappa shape index (κ3) is 5.73. The Morgan fingerprint density at radius 2 is 1.97 bits per heavy atom. The van der Waals surface area contributed by atoms with E-state index in [4.69, 9.17) is 27.0 Å². The van der Waals surface area contributed by atoms with Gasteiger partial charge in [-0.15, -0.1) is 0 Å². The maximum absolute atomic E-state index is 13.5. The summed E-state index contributed by atoms with van der Waals surface area (Å²) in [6.45, 7) is -0.498. The molecule has 2 heterocycles. The third-order valence-corrected chi connectivity index (χ3v) is 4.51. The van der Waals surface area contributed by atoms with Crippen LogP contribution in [0.1, 0.15) is 16.8 Å². The molecule has 3 aromatic rings. The Hall–Kier alpha value is -4.30. The van der Waals surface area contributed by atoms with E-state index in [1.807, 2.05) is 0 Å². The highest BCUT2D eigenvalue weighted by molar-refractivity contribution is 6.30. The lowest BCUT2D eigenvalue weighted by molar-refractivity contribution is -0.142. The predicted octanol–water partition coefficient (Wildman–Crippen LogP) is 4.28. The van der Waals surface area contributed by atoms with E-state index < -0.39 is 29.7 Å². The minimum absolute atomic E-state index is 0.00435. The molecule has 0 fully saturated rings. The lowest BCUT2D eigenvalue weighted by Gasteiger charge is -2.15. The van der Waals surface area contributed by atoms with E-state index >= 15 is 0 Å². The lowest BCUT2D eigenvalue weighted by atomic mass is 10.1. The number of carbonyl (C=O) groups is 1. The molecule has 0 spiro atoms. The number of halogens is 4. The molecular weight excluding hydrogens is 475 g/mol. The Kier molecular flexibility index (Phi) is 7.23. The van der Waals surface area contributed by atoms with Gasteiger partial charge in [-0.2, -0.15) is 18.4 Å². The number of nitrogens with one attached hydrogen (secondary N) is 1. The Morgan fingerprint density at radius 3 is 2.59 bits per heavy atom. The molecule has 3 rings (SSSR count). The Morgan fingerprint density at radius 1 is 1.26 bits per heavy atom. The van der Waals surface area contributed by atoms with Gasteiger partial charge in [-0.25, -0.2) is 4.98 Å². The van der Waals surface area contributed by atoms with Crippen molar-refractivity contribution in [1.82, 2.24) is 14.5 Å². The molecule has 0 aliphatic rings. The molecule has 2 aromatic heterocycles. The van der Waals surface area contributed by atoms with Crippen LogP contribution in [0.3, 0.4) is 0 Å². The van der Waals surface area contributed by atoms with Gasteiger partial charge in [0.05, 0.1) is 30.2 Å². The van der Waals surface area contributed by atoms with Crippen molar-refractivity contribution < 1.29 is 22.7 Å². The van der Waals surface area contributed by atoms with Crippen molar-refractivity contribution in [2.24, 2.45) is 0 Å². The average molecular weight is 488 g/mol. The lowest BCUT2D eigenvalue weighted by Crippen LogP contribution is -2.28. The van der Waals surface area contributed by atoms with Crippen LogP contribution in [0, 0.1) is 16.7 Å². The quantitative estimate of drug-likeness (QED) is 0.301. The Bertz CT molecular complexity index is 1380. The largest absolute Gasteiger partial charge is 0.449 e. The van der Waals surface area contributed by atoms with E-state index in [1.54, 1.807) is 6.07 Å². The van der Waals surface area contributed by atoms with Gasteiger partial charge in [-0.05, 0) is 42.0 Å². The van der Waals surface area contributed by atoms with Gasteiger partial charge in [0.25, 0.3) is 5.56 Å². The highest BCUT2D eigenvalue weighted by atomic mass is 35.5. The number of aromatic nitrogens is 3. The number of hydrogen-bond donors (Lipinski definition) is 1. The summed E-state index contributed by atoms with van der Waals surface area (Å²) < 4.78 is 46.4. The molecule has 0 saturated carbocycles. The molecule has 0 aliphatic heterocycles. The van der Waals surface area contributed by atoms with Crippen LogP contribution in [0.4, 0.5) is 13.2 Å². The van der Waals surface area contributed by atoms with Crippen LogP contribution in [0.5, 0.6) is 11.5 Å². The molecule has 0 atom stereocenters. The van der Waals surface area contributed by atoms with Crippen molar-refractivity contribution in [1.29, 1.82) is 10.7 Å². The zero-order chi connectivity index (χ0) is 24.9. The minimum Gasteiger partial charge on any atom is -0.449 e. The maximum Gasteiger partial charge on any atom is 0.437 e. The molecule has 0 radical (unpaired) electrons. The van der Waals surface area contributed by atoms with Gasteiger partial charge in [-0.1, -0.05) is 11.6 Å². The first-order valence-corrected chi connectivity index (χ1v) is 9.70. The summed E-state index contributed by atoms with van der Waals surface area (Å²) in [6, 6.07) is 8.35. The molecule has 0 unspecified atom stereocenters. The zero-order valence-corrected chi connectivity index (χ0v) is 17.8. The molecule has 0 amide bonds. The molecule has 34 heavy (non-hydrogen) atoms. The van der Waals surface area contributed by atoms with Crippen LogP contribution in [-0.4, -0.2) is 26.5 Å². The van der Waals surface area contributed by atoms with Gasteiger partial charge in [0.2, 0.25) is 5.75 Å². The second-order valence-corrected chi connectivity index (χ2v) is 7.16.